The van der Waals surface area contributed by atoms with Gasteiger partial charge in [0.05, 0.1) is 5.56 Å². The molecule has 0 aliphatic carbocycles. The molecule has 1 aromatic carbocycles. The highest BCUT2D eigenvalue weighted by Gasteiger charge is 2.21. The standard InChI is InChI=1S/C18H22N4O2/c19-9-5-11-21-18(24)16(12-14-6-2-1-3-7-14)22-17(23)15-8-4-10-20-13-15/h1-4,6-8,10,13,16H,5,9,11-12,19H2,(H,21,24)(H,22,23). The number of rotatable bonds is 8. The Bertz CT molecular complexity index is 647. The van der Waals surface area contributed by atoms with Crippen LogP contribution in [-0.2, 0) is 11.2 Å². The molecular weight excluding hydrogens is 304 g/mol. The number of hydrogen-bond acceptors (Lipinski definition) is 4. The van der Waals surface area contributed by atoms with Crippen molar-refractivity contribution in [3.05, 3.63) is 66.0 Å². The maximum atomic E-state index is 12.4. The van der Waals surface area contributed by atoms with Crippen LogP contribution >= 0.6 is 0 Å². The van der Waals surface area contributed by atoms with Crippen molar-refractivity contribution in [1.29, 1.82) is 0 Å². The van der Waals surface area contributed by atoms with Crippen LogP contribution in [0.1, 0.15) is 22.3 Å². The monoisotopic (exact) mass is 326 g/mol. The Hall–Kier alpha value is -2.73. The second-order valence-corrected chi connectivity index (χ2v) is 5.39. The molecule has 1 heterocycles. The summed E-state index contributed by atoms with van der Waals surface area (Å²) in [6, 6.07) is 12.3. The Morgan fingerprint density at radius 3 is 2.58 bits per heavy atom. The van der Waals surface area contributed by atoms with Crippen LogP contribution in [0.2, 0.25) is 0 Å². The summed E-state index contributed by atoms with van der Waals surface area (Å²) in [5.74, 6) is -0.539. The lowest BCUT2D eigenvalue weighted by Gasteiger charge is -2.18. The lowest BCUT2D eigenvalue weighted by atomic mass is 10.0. The fourth-order valence-corrected chi connectivity index (χ4v) is 2.23. The average molecular weight is 326 g/mol. The molecular formula is C18H22N4O2. The van der Waals surface area contributed by atoms with Crippen molar-refractivity contribution in [2.45, 2.75) is 18.9 Å². The number of pyridine rings is 1. The molecule has 2 rings (SSSR count). The summed E-state index contributed by atoms with van der Waals surface area (Å²) in [6.45, 7) is 0.995. The van der Waals surface area contributed by atoms with E-state index in [0.717, 1.165) is 5.56 Å². The van der Waals surface area contributed by atoms with Gasteiger partial charge in [-0.1, -0.05) is 30.3 Å². The van der Waals surface area contributed by atoms with Crippen molar-refractivity contribution in [2.24, 2.45) is 5.73 Å². The number of carbonyl (C=O) groups excluding carboxylic acids is 2. The number of nitrogens with zero attached hydrogens (tertiary/aromatic N) is 1. The normalized spacial score (nSPS) is 11.5. The van der Waals surface area contributed by atoms with E-state index in [0.29, 0.717) is 31.5 Å². The summed E-state index contributed by atoms with van der Waals surface area (Å²) >= 11 is 0. The molecule has 126 valence electrons. The van der Waals surface area contributed by atoms with E-state index in [1.807, 2.05) is 30.3 Å². The Kier molecular flexibility index (Phi) is 6.91. The van der Waals surface area contributed by atoms with E-state index >= 15 is 0 Å². The third-order valence-electron chi connectivity index (χ3n) is 3.51. The van der Waals surface area contributed by atoms with Crippen LogP contribution in [0.15, 0.2) is 54.9 Å². The molecule has 0 aliphatic rings. The molecule has 6 nitrogen and oxygen atoms in total. The van der Waals surface area contributed by atoms with Gasteiger partial charge in [-0.15, -0.1) is 0 Å². The van der Waals surface area contributed by atoms with Crippen molar-refractivity contribution < 1.29 is 9.59 Å². The summed E-state index contributed by atoms with van der Waals surface area (Å²) < 4.78 is 0. The van der Waals surface area contributed by atoms with Crippen molar-refractivity contribution in [3.63, 3.8) is 0 Å². The molecule has 6 heteroatoms. The highest BCUT2D eigenvalue weighted by Crippen LogP contribution is 2.05. The van der Waals surface area contributed by atoms with Crippen LogP contribution in [0.3, 0.4) is 0 Å². The molecule has 0 bridgehead atoms. The molecule has 0 saturated carbocycles. The lowest BCUT2D eigenvalue weighted by Crippen LogP contribution is -2.48. The zero-order chi connectivity index (χ0) is 17.2. The molecule has 0 radical (unpaired) electrons. The molecule has 0 aliphatic heterocycles. The van der Waals surface area contributed by atoms with Gasteiger partial charge in [0.1, 0.15) is 6.04 Å². The number of carbonyl (C=O) groups is 2. The van der Waals surface area contributed by atoms with Crippen molar-refractivity contribution >= 4 is 11.8 Å². The van der Waals surface area contributed by atoms with Gasteiger partial charge in [-0.2, -0.15) is 0 Å². The van der Waals surface area contributed by atoms with Gasteiger partial charge < -0.3 is 16.4 Å². The summed E-state index contributed by atoms with van der Waals surface area (Å²) in [5.41, 5.74) is 6.84. The number of benzene rings is 1. The van der Waals surface area contributed by atoms with Gasteiger partial charge in [-0.3, -0.25) is 14.6 Å². The first kappa shape index (κ1) is 17.6. The van der Waals surface area contributed by atoms with E-state index in [9.17, 15) is 9.59 Å². The molecule has 4 N–H and O–H groups in total. The van der Waals surface area contributed by atoms with Crippen LogP contribution < -0.4 is 16.4 Å². The molecule has 1 unspecified atom stereocenters. The molecule has 1 atom stereocenters. The van der Waals surface area contributed by atoms with Crippen molar-refractivity contribution in [3.8, 4) is 0 Å². The Morgan fingerprint density at radius 1 is 1.12 bits per heavy atom. The number of aromatic nitrogens is 1. The quantitative estimate of drug-likeness (QED) is 0.628. The SMILES string of the molecule is NCCCNC(=O)C(Cc1ccccc1)NC(=O)c1cccnc1. The van der Waals surface area contributed by atoms with Gasteiger partial charge in [-0.05, 0) is 30.7 Å². The van der Waals surface area contributed by atoms with E-state index in [1.54, 1.807) is 18.3 Å². The second-order valence-electron chi connectivity index (χ2n) is 5.39. The number of amides is 2. The fraction of sp³-hybridized carbons (Fsp3) is 0.278. The van der Waals surface area contributed by atoms with Crippen LogP contribution in [-0.4, -0.2) is 35.9 Å². The smallest absolute Gasteiger partial charge is 0.253 e. The Balaban J connectivity index is 2.06. The first-order valence-electron chi connectivity index (χ1n) is 7.93. The van der Waals surface area contributed by atoms with Gasteiger partial charge in [0.2, 0.25) is 5.91 Å². The Morgan fingerprint density at radius 2 is 1.92 bits per heavy atom. The minimum atomic E-state index is -0.655. The minimum absolute atomic E-state index is 0.218. The predicted molar refractivity (Wildman–Crippen MR) is 92.3 cm³/mol. The molecule has 0 spiro atoms. The second kappa shape index (κ2) is 9.42. The van der Waals surface area contributed by atoms with Crippen molar-refractivity contribution in [1.82, 2.24) is 15.6 Å². The van der Waals surface area contributed by atoms with E-state index in [-0.39, 0.29) is 11.8 Å². The van der Waals surface area contributed by atoms with Crippen LogP contribution in [0.5, 0.6) is 0 Å². The molecule has 2 amide bonds. The summed E-state index contributed by atoms with van der Waals surface area (Å²) in [6.07, 6.45) is 4.18. The first-order chi connectivity index (χ1) is 11.7. The van der Waals surface area contributed by atoms with Gasteiger partial charge in [0.15, 0.2) is 0 Å². The number of hydrogen-bond donors (Lipinski definition) is 3. The van der Waals surface area contributed by atoms with Crippen LogP contribution in [0.4, 0.5) is 0 Å². The van der Waals surface area contributed by atoms with Gasteiger partial charge in [0, 0.05) is 25.4 Å². The highest BCUT2D eigenvalue weighted by molar-refractivity contribution is 5.97. The lowest BCUT2D eigenvalue weighted by molar-refractivity contribution is -0.122. The average Bonchev–Trinajstić information content (AvgIpc) is 2.63. The maximum absolute atomic E-state index is 12.4. The minimum Gasteiger partial charge on any atom is -0.354 e. The Labute approximate surface area is 141 Å². The van der Waals surface area contributed by atoms with Crippen LogP contribution in [0, 0.1) is 0 Å². The highest BCUT2D eigenvalue weighted by atomic mass is 16.2. The summed E-state index contributed by atoms with van der Waals surface area (Å²) in [7, 11) is 0. The largest absolute Gasteiger partial charge is 0.354 e. The third-order valence-corrected chi connectivity index (χ3v) is 3.51. The van der Waals surface area contributed by atoms with E-state index in [4.69, 9.17) is 5.73 Å². The molecule has 24 heavy (non-hydrogen) atoms. The zero-order valence-electron chi connectivity index (χ0n) is 13.4. The fourth-order valence-electron chi connectivity index (χ4n) is 2.23. The first-order valence-corrected chi connectivity index (χ1v) is 7.93. The predicted octanol–water partition coefficient (Wildman–Crippen LogP) is 0.888. The topological polar surface area (TPSA) is 97.1 Å². The zero-order valence-corrected chi connectivity index (χ0v) is 13.4. The molecule has 0 saturated heterocycles. The van der Waals surface area contributed by atoms with E-state index in [2.05, 4.69) is 15.6 Å². The number of nitrogens with two attached hydrogens (primary N) is 1. The van der Waals surface area contributed by atoms with Crippen LogP contribution in [0.25, 0.3) is 0 Å². The summed E-state index contributed by atoms with van der Waals surface area (Å²) in [5, 5.41) is 5.60. The van der Waals surface area contributed by atoms with Gasteiger partial charge >= 0.3 is 0 Å². The summed E-state index contributed by atoms with van der Waals surface area (Å²) in [4.78, 5) is 28.7. The maximum Gasteiger partial charge on any atom is 0.253 e. The third kappa shape index (κ3) is 5.48. The van der Waals surface area contributed by atoms with Gasteiger partial charge in [-0.25, -0.2) is 0 Å². The van der Waals surface area contributed by atoms with E-state index < -0.39 is 6.04 Å². The van der Waals surface area contributed by atoms with Gasteiger partial charge in [0.25, 0.3) is 5.91 Å². The van der Waals surface area contributed by atoms with E-state index in [1.165, 1.54) is 6.20 Å². The molecule has 1 aromatic heterocycles. The number of nitrogens with one attached hydrogen (secondary N) is 2. The molecule has 0 fully saturated rings. The molecule has 2 aromatic rings. The van der Waals surface area contributed by atoms with Crippen molar-refractivity contribution in [2.75, 3.05) is 13.1 Å².